The number of benzene rings is 1. The van der Waals surface area contributed by atoms with Gasteiger partial charge in [-0.1, -0.05) is 13.0 Å². The summed E-state index contributed by atoms with van der Waals surface area (Å²) < 4.78 is 10.6. The third kappa shape index (κ3) is 4.35. The monoisotopic (exact) mass is 292 g/mol. The Morgan fingerprint density at radius 3 is 2.48 bits per heavy atom. The van der Waals surface area contributed by atoms with Gasteiger partial charge in [-0.3, -0.25) is 0 Å². The van der Waals surface area contributed by atoms with Crippen molar-refractivity contribution in [3.05, 3.63) is 23.8 Å². The second-order valence-electron chi connectivity index (χ2n) is 6.03. The fourth-order valence-corrected chi connectivity index (χ4v) is 2.86. The molecule has 0 radical (unpaired) electrons. The average molecular weight is 292 g/mol. The number of nitrogens with two attached hydrogens (primary N) is 1. The van der Waals surface area contributed by atoms with E-state index in [2.05, 4.69) is 11.8 Å². The molecule has 1 unspecified atom stereocenters. The minimum Gasteiger partial charge on any atom is -0.493 e. The van der Waals surface area contributed by atoms with Gasteiger partial charge in [0.15, 0.2) is 11.5 Å². The molecule has 0 amide bonds. The van der Waals surface area contributed by atoms with Crippen molar-refractivity contribution in [1.82, 2.24) is 4.90 Å². The molecule has 1 aliphatic rings. The number of hydrogen-bond acceptors (Lipinski definition) is 4. The zero-order valence-electron chi connectivity index (χ0n) is 13.5. The summed E-state index contributed by atoms with van der Waals surface area (Å²) in [6, 6.07) is 5.99. The standard InChI is InChI=1S/C17H28N2O2/c1-13-6-9-19(10-7-13)11-8-15(18)14-4-5-16(20-2)17(12-14)21-3/h4-5,12-13,15H,6-11,18H2,1-3H3. The van der Waals surface area contributed by atoms with E-state index in [0.717, 1.165) is 35.9 Å². The van der Waals surface area contributed by atoms with Gasteiger partial charge >= 0.3 is 0 Å². The average Bonchev–Trinajstić information content (AvgIpc) is 2.53. The van der Waals surface area contributed by atoms with E-state index in [-0.39, 0.29) is 6.04 Å². The summed E-state index contributed by atoms with van der Waals surface area (Å²) in [5, 5.41) is 0. The summed E-state index contributed by atoms with van der Waals surface area (Å²) in [4.78, 5) is 2.53. The first kappa shape index (κ1) is 16.1. The topological polar surface area (TPSA) is 47.7 Å². The highest BCUT2D eigenvalue weighted by atomic mass is 16.5. The van der Waals surface area contributed by atoms with Crippen LogP contribution in [0.2, 0.25) is 0 Å². The Morgan fingerprint density at radius 1 is 1.19 bits per heavy atom. The number of nitrogens with zero attached hydrogens (tertiary/aromatic N) is 1. The van der Waals surface area contributed by atoms with Crippen LogP contribution in [0.1, 0.15) is 37.8 Å². The van der Waals surface area contributed by atoms with E-state index in [1.807, 2.05) is 18.2 Å². The predicted molar refractivity (Wildman–Crippen MR) is 85.9 cm³/mol. The normalized spacial score (nSPS) is 18.5. The predicted octanol–water partition coefficient (Wildman–Crippen LogP) is 2.83. The van der Waals surface area contributed by atoms with Gasteiger partial charge in [0.2, 0.25) is 0 Å². The maximum absolute atomic E-state index is 6.33. The minimum atomic E-state index is 0.0455. The first-order valence-electron chi connectivity index (χ1n) is 7.84. The van der Waals surface area contributed by atoms with Crippen molar-refractivity contribution in [1.29, 1.82) is 0 Å². The van der Waals surface area contributed by atoms with E-state index >= 15 is 0 Å². The first-order chi connectivity index (χ1) is 10.1. The molecule has 1 saturated heterocycles. The summed E-state index contributed by atoms with van der Waals surface area (Å²) in [6.07, 6.45) is 3.60. The summed E-state index contributed by atoms with van der Waals surface area (Å²) in [7, 11) is 3.30. The van der Waals surface area contributed by atoms with E-state index < -0.39 is 0 Å². The molecule has 0 saturated carbocycles. The van der Waals surface area contributed by atoms with Crippen molar-refractivity contribution in [2.45, 2.75) is 32.2 Å². The molecule has 1 aromatic carbocycles. The van der Waals surface area contributed by atoms with Crippen molar-refractivity contribution < 1.29 is 9.47 Å². The van der Waals surface area contributed by atoms with E-state index in [4.69, 9.17) is 15.2 Å². The van der Waals surface area contributed by atoms with Crippen LogP contribution < -0.4 is 15.2 Å². The number of ether oxygens (including phenoxy) is 2. The van der Waals surface area contributed by atoms with E-state index in [1.165, 1.54) is 25.9 Å². The van der Waals surface area contributed by atoms with E-state index in [0.29, 0.717) is 0 Å². The van der Waals surface area contributed by atoms with Crippen molar-refractivity contribution in [3.63, 3.8) is 0 Å². The molecular formula is C17H28N2O2. The Balaban J connectivity index is 1.89. The molecule has 4 nitrogen and oxygen atoms in total. The highest BCUT2D eigenvalue weighted by Crippen LogP contribution is 2.30. The molecule has 4 heteroatoms. The van der Waals surface area contributed by atoms with Gasteiger partial charge in [-0.05, 0) is 62.5 Å². The molecule has 1 atom stereocenters. The lowest BCUT2D eigenvalue weighted by molar-refractivity contribution is 0.187. The summed E-state index contributed by atoms with van der Waals surface area (Å²) in [5.74, 6) is 2.37. The molecule has 21 heavy (non-hydrogen) atoms. The molecule has 2 rings (SSSR count). The van der Waals surface area contributed by atoms with Crippen LogP contribution in [0.25, 0.3) is 0 Å². The van der Waals surface area contributed by atoms with Crippen LogP contribution in [-0.2, 0) is 0 Å². The smallest absolute Gasteiger partial charge is 0.161 e. The van der Waals surface area contributed by atoms with Crippen molar-refractivity contribution in [2.75, 3.05) is 33.9 Å². The van der Waals surface area contributed by atoms with Gasteiger partial charge in [-0.25, -0.2) is 0 Å². The third-order valence-corrected chi connectivity index (χ3v) is 4.47. The van der Waals surface area contributed by atoms with Crippen molar-refractivity contribution in [2.24, 2.45) is 11.7 Å². The zero-order chi connectivity index (χ0) is 15.2. The van der Waals surface area contributed by atoms with E-state index in [9.17, 15) is 0 Å². The highest BCUT2D eigenvalue weighted by molar-refractivity contribution is 5.43. The van der Waals surface area contributed by atoms with Crippen molar-refractivity contribution in [3.8, 4) is 11.5 Å². The molecule has 2 N–H and O–H groups in total. The quantitative estimate of drug-likeness (QED) is 0.876. The molecule has 0 aromatic heterocycles. The summed E-state index contributed by atoms with van der Waals surface area (Å²) >= 11 is 0. The largest absolute Gasteiger partial charge is 0.493 e. The molecule has 1 aliphatic heterocycles. The SMILES string of the molecule is COc1ccc(C(N)CCN2CCC(C)CC2)cc1OC. The second kappa shape index (κ2) is 7.66. The molecular weight excluding hydrogens is 264 g/mol. The van der Waals surface area contributed by atoms with Crippen molar-refractivity contribution >= 4 is 0 Å². The van der Waals surface area contributed by atoms with Gasteiger partial charge < -0.3 is 20.1 Å². The molecule has 1 fully saturated rings. The van der Waals surface area contributed by atoms with Gasteiger partial charge in [0.25, 0.3) is 0 Å². The summed E-state index contributed by atoms with van der Waals surface area (Å²) in [6.45, 7) is 5.83. The first-order valence-corrected chi connectivity index (χ1v) is 7.84. The Morgan fingerprint density at radius 2 is 1.86 bits per heavy atom. The number of hydrogen-bond donors (Lipinski definition) is 1. The fraction of sp³-hybridized carbons (Fsp3) is 0.647. The Hall–Kier alpha value is -1.26. The lowest BCUT2D eigenvalue weighted by Crippen LogP contribution is -2.34. The van der Waals surface area contributed by atoms with Gasteiger partial charge in [-0.2, -0.15) is 0 Å². The maximum Gasteiger partial charge on any atom is 0.161 e. The Labute approximate surface area is 128 Å². The van der Waals surface area contributed by atoms with Gasteiger partial charge in [0.1, 0.15) is 0 Å². The van der Waals surface area contributed by atoms with E-state index in [1.54, 1.807) is 14.2 Å². The maximum atomic E-state index is 6.33. The van der Waals surface area contributed by atoms with Crippen LogP contribution in [-0.4, -0.2) is 38.8 Å². The molecule has 0 bridgehead atoms. The third-order valence-electron chi connectivity index (χ3n) is 4.47. The molecule has 1 heterocycles. The summed E-state index contributed by atoms with van der Waals surface area (Å²) in [5.41, 5.74) is 7.44. The fourth-order valence-electron chi connectivity index (χ4n) is 2.86. The number of methoxy groups -OCH3 is 2. The van der Waals surface area contributed by atoms with Crippen LogP contribution in [0.5, 0.6) is 11.5 Å². The highest BCUT2D eigenvalue weighted by Gasteiger charge is 2.17. The van der Waals surface area contributed by atoms with Crippen LogP contribution in [0, 0.1) is 5.92 Å². The zero-order valence-corrected chi connectivity index (χ0v) is 13.5. The molecule has 1 aromatic rings. The lowest BCUT2D eigenvalue weighted by Gasteiger charge is -2.30. The minimum absolute atomic E-state index is 0.0455. The number of piperidine rings is 1. The molecule has 0 aliphatic carbocycles. The Kier molecular flexibility index (Phi) is 5.88. The van der Waals surface area contributed by atoms with Crippen LogP contribution in [0.3, 0.4) is 0 Å². The Bertz CT molecular complexity index is 442. The van der Waals surface area contributed by atoms with Gasteiger partial charge in [0, 0.05) is 6.04 Å². The second-order valence-corrected chi connectivity index (χ2v) is 6.03. The van der Waals surface area contributed by atoms with Gasteiger partial charge in [-0.15, -0.1) is 0 Å². The lowest BCUT2D eigenvalue weighted by atomic mass is 9.98. The number of rotatable bonds is 6. The molecule has 0 spiro atoms. The van der Waals surface area contributed by atoms with Gasteiger partial charge in [0.05, 0.1) is 14.2 Å². The number of likely N-dealkylation sites (tertiary alicyclic amines) is 1. The van der Waals surface area contributed by atoms with Crippen LogP contribution >= 0.6 is 0 Å². The van der Waals surface area contributed by atoms with Crippen LogP contribution in [0.15, 0.2) is 18.2 Å². The molecule has 118 valence electrons. The van der Waals surface area contributed by atoms with Crippen LogP contribution in [0.4, 0.5) is 0 Å².